The number of benzene rings is 2. The zero-order valence-corrected chi connectivity index (χ0v) is 12.9. The van der Waals surface area contributed by atoms with Crippen LogP contribution in [0.1, 0.15) is 28.3 Å². The summed E-state index contributed by atoms with van der Waals surface area (Å²) in [5.74, 6) is -1.38. The van der Waals surface area contributed by atoms with Crippen molar-refractivity contribution >= 4 is 11.8 Å². The fourth-order valence-corrected chi connectivity index (χ4v) is 2.27. The summed E-state index contributed by atoms with van der Waals surface area (Å²) >= 11 is 0. The van der Waals surface area contributed by atoms with Crippen LogP contribution in [0.25, 0.3) is 0 Å². The van der Waals surface area contributed by atoms with Crippen LogP contribution in [-0.4, -0.2) is 26.0 Å². The predicted octanol–water partition coefficient (Wildman–Crippen LogP) is 3.36. The van der Waals surface area contributed by atoms with E-state index in [1.807, 2.05) is 0 Å². The molecule has 4 nitrogen and oxygen atoms in total. The van der Waals surface area contributed by atoms with Crippen molar-refractivity contribution in [1.29, 1.82) is 0 Å². The van der Waals surface area contributed by atoms with Gasteiger partial charge in [0.25, 0.3) is 0 Å². The smallest absolute Gasteiger partial charge is 0.313 e. The number of ketones is 1. The van der Waals surface area contributed by atoms with Crippen LogP contribution >= 0.6 is 0 Å². The summed E-state index contributed by atoms with van der Waals surface area (Å²) in [4.78, 5) is 24.4. The molecule has 0 bridgehead atoms. The fraction of sp³-hybridized carbons (Fsp3) is 0.222. The largest absolute Gasteiger partial charge is 0.497 e. The molecule has 1 atom stereocenters. The van der Waals surface area contributed by atoms with E-state index in [0.29, 0.717) is 16.9 Å². The van der Waals surface area contributed by atoms with Gasteiger partial charge in [-0.2, -0.15) is 0 Å². The molecule has 0 amide bonds. The van der Waals surface area contributed by atoms with Gasteiger partial charge in [-0.1, -0.05) is 24.3 Å². The summed E-state index contributed by atoms with van der Waals surface area (Å²) in [5.41, 5.74) is 0.981. The number of hydrogen-bond donors (Lipinski definition) is 0. The molecule has 0 heterocycles. The molecule has 0 aliphatic carbocycles. The number of Topliss-reactive ketones (excluding diaryl/α,β-unsaturated/α-hetero) is 1. The van der Waals surface area contributed by atoms with Gasteiger partial charge in [0.15, 0.2) is 5.78 Å². The van der Waals surface area contributed by atoms with Crippen molar-refractivity contribution in [3.05, 3.63) is 65.5 Å². The van der Waals surface area contributed by atoms with E-state index < -0.39 is 17.7 Å². The van der Waals surface area contributed by atoms with Crippen molar-refractivity contribution < 1.29 is 23.5 Å². The molecule has 5 heteroatoms. The summed E-state index contributed by atoms with van der Waals surface area (Å²) in [6.07, 6.45) is -0.0640. The normalized spacial score (nSPS) is 11.6. The molecule has 0 fully saturated rings. The Balaban J connectivity index is 2.25. The Morgan fingerprint density at radius 1 is 1.09 bits per heavy atom. The number of rotatable bonds is 6. The molecular weight excluding hydrogens is 299 g/mol. The predicted molar refractivity (Wildman–Crippen MR) is 83.1 cm³/mol. The molecule has 0 aromatic heterocycles. The lowest BCUT2D eigenvalue weighted by Crippen LogP contribution is -2.18. The number of ether oxygens (including phenoxy) is 2. The Morgan fingerprint density at radius 3 is 2.39 bits per heavy atom. The second-order valence-corrected chi connectivity index (χ2v) is 4.99. The molecule has 0 radical (unpaired) electrons. The molecule has 23 heavy (non-hydrogen) atoms. The summed E-state index contributed by atoms with van der Waals surface area (Å²) in [6.45, 7) is 0. The van der Waals surface area contributed by atoms with Gasteiger partial charge in [0.1, 0.15) is 11.6 Å². The van der Waals surface area contributed by atoms with E-state index in [1.165, 1.54) is 38.5 Å². The van der Waals surface area contributed by atoms with Gasteiger partial charge in [-0.15, -0.1) is 0 Å². The summed E-state index contributed by atoms with van der Waals surface area (Å²) in [7, 11) is 2.77. The molecule has 2 rings (SSSR count). The van der Waals surface area contributed by atoms with Gasteiger partial charge in [0, 0.05) is 12.0 Å². The lowest BCUT2D eigenvalue weighted by atomic mass is 9.91. The first-order valence-corrected chi connectivity index (χ1v) is 7.05. The second kappa shape index (κ2) is 7.54. The van der Waals surface area contributed by atoms with Crippen LogP contribution in [0.3, 0.4) is 0 Å². The number of methoxy groups -OCH3 is 2. The molecule has 0 aliphatic rings. The van der Waals surface area contributed by atoms with Crippen molar-refractivity contribution in [2.24, 2.45) is 0 Å². The number of hydrogen-bond acceptors (Lipinski definition) is 4. The molecule has 0 unspecified atom stereocenters. The minimum atomic E-state index is -0.778. The topological polar surface area (TPSA) is 52.6 Å². The van der Waals surface area contributed by atoms with Crippen molar-refractivity contribution in [2.45, 2.75) is 12.3 Å². The van der Waals surface area contributed by atoms with E-state index in [9.17, 15) is 14.0 Å². The standard InChI is InChI=1S/C18H17FO4/c1-22-15-5-3-4-13(10-15)17(20)11-16(18(21)23-2)12-6-8-14(19)9-7-12/h3-10,16H,11H2,1-2H3/t16-/m1/s1. The van der Waals surface area contributed by atoms with Crippen LogP contribution in [-0.2, 0) is 9.53 Å². The zero-order chi connectivity index (χ0) is 16.8. The minimum Gasteiger partial charge on any atom is -0.497 e. The van der Waals surface area contributed by atoms with Crippen molar-refractivity contribution in [3.8, 4) is 5.75 Å². The Morgan fingerprint density at radius 2 is 1.78 bits per heavy atom. The van der Waals surface area contributed by atoms with Crippen LogP contribution in [0.5, 0.6) is 5.75 Å². The summed E-state index contributed by atoms with van der Waals surface area (Å²) < 4.78 is 22.9. The first-order chi connectivity index (χ1) is 11.0. The molecule has 2 aromatic rings. The van der Waals surface area contributed by atoms with Gasteiger partial charge in [0.2, 0.25) is 0 Å². The Kier molecular flexibility index (Phi) is 5.46. The monoisotopic (exact) mass is 316 g/mol. The summed E-state index contributed by atoms with van der Waals surface area (Å²) in [5, 5.41) is 0. The molecular formula is C18H17FO4. The molecule has 120 valence electrons. The zero-order valence-electron chi connectivity index (χ0n) is 12.9. The van der Waals surface area contributed by atoms with Crippen molar-refractivity contribution in [3.63, 3.8) is 0 Å². The van der Waals surface area contributed by atoms with Crippen LogP contribution in [0.15, 0.2) is 48.5 Å². The molecule has 0 N–H and O–H groups in total. The molecule has 2 aromatic carbocycles. The maximum absolute atomic E-state index is 13.0. The van der Waals surface area contributed by atoms with E-state index >= 15 is 0 Å². The Hall–Kier alpha value is -2.69. The Bertz CT molecular complexity index is 694. The van der Waals surface area contributed by atoms with Gasteiger partial charge < -0.3 is 9.47 Å². The highest BCUT2D eigenvalue weighted by molar-refractivity contribution is 5.99. The lowest BCUT2D eigenvalue weighted by molar-refractivity contribution is -0.142. The third-order valence-corrected chi connectivity index (χ3v) is 3.54. The lowest BCUT2D eigenvalue weighted by Gasteiger charge is -2.14. The highest BCUT2D eigenvalue weighted by Gasteiger charge is 2.25. The van der Waals surface area contributed by atoms with Crippen LogP contribution in [0.4, 0.5) is 4.39 Å². The average molecular weight is 316 g/mol. The maximum Gasteiger partial charge on any atom is 0.313 e. The SMILES string of the molecule is COC(=O)[C@H](CC(=O)c1cccc(OC)c1)c1ccc(F)cc1. The fourth-order valence-electron chi connectivity index (χ4n) is 2.27. The van der Waals surface area contributed by atoms with Gasteiger partial charge >= 0.3 is 5.97 Å². The average Bonchev–Trinajstić information content (AvgIpc) is 2.59. The third-order valence-electron chi connectivity index (χ3n) is 3.54. The molecule has 0 saturated carbocycles. The van der Waals surface area contributed by atoms with E-state index in [0.717, 1.165) is 0 Å². The third kappa shape index (κ3) is 4.16. The summed E-state index contributed by atoms with van der Waals surface area (Å²) in [6, 6.07) is 12.2. The number of carbonyl (C=O) groups excluding carboxylic acids is 2. The van der Waals surface area contributed by atoms with Gasteiger partial charge in [-0.05, 0) is 29.8 Å². The first kappa shape index (κ1) is 16.7. The van der Waals surface area contributed by atoms with Gasteiger partial charge in [-0.25, -0.2) is 4.39 Å². The number of halogens is 1. The Labute approximate surface area is 133 Å². The van der Waals surface area contributed by atoms with E-state index in [1.54, 1.807) is 24.3 Å². The van der Waals surface area contributed by atoms with Gasteiger partial charge in [-0.3, -0.25) is 9.59 Å². The van der Waals surface area contributed by atoms with Crippen LogP contribution in [0, 0.1) is 5.82 Å². The number of esters is 1. The minimum absolute atomic E-state index is 0.0640. The van der Waals surface area contributed by atoms with Crippen LogP contribution in [0.2, 0.25) is 0 Å². The van der Waals surface area contributed by atoms with E-state index in [4.69, 9.17) is 9.47 Å². The number of carbonyl (C=O) groups is 2. The van der Waals surface area contributed by atoms with Gasteiger partial charge in [0.05, 0.1) is 20.1 Å². The molecule has 0 aliphatic heterocycles. The van der Waals surface area contributed by atoms with Crippen molar-refractivity contribution in [2.75, 3.05) is 14.2 Å². The van der Waals surface area contributed by atoms with E-state index in [-0.39, 0.29) is 12.2 Å². The van der Waals surface area contributed by atoms with E-state index in [2.05, 4.69) is 0 Å². The quantitative estimate of drug-likeness (QED) is 0.606. The van der Waals surface area contributed by atoms with Crippen molar-refractivity contribution in [1.82, 2.24) is 0 Å². The molecule has 0 spiro atoms. The second-order valence-electron chi connectivity index (χ2n) is 4.99. The van der Waals surface area contributed by atoms with Crippen LogP contribution < -0.4 is 4.74 Å². The highest BCUT2D eigenvalue weighted by atomic mass is 19.1. The molecule has 0 saturated heterocycles. The highest BCUT2D eigenvalue weighted by Crippen LogP contribution is 2.25. The first-order valence-electron chi connectivity index (χ1n) is 7.05. The maximum atomic E-state index is 13.0.